The first-order chi connectivity index (χ1) is 7.95. The molecule has 2 N–H and O–H groups in total. The van der Waals surface area contributed by atoms with Crippen molar-refractivity contribution in [2.45, 2.75) is 12.5 Å². The molecule has 0 aliphatic rings. The quantitative estimate of drug-likeness (QED) is 0.586. The Morgan fingerprint density at radius 2 is 2.24 bits per heavy atom. The summed E-state index contributed by atoms with van der Waals surface area (Å²) in [5.74, 6) is -1.39. The van der Waals surface area contributed by atoms with Gasteiger partial charge >= 0.3 is 5.97 Å². The molecule has 0 bridgehead atoms. The first-order valence-electron chi connectivity index (χ1n) is 4.67. The summed E-state index contributed by atoms with van der Waals surface area (Å²) >= 11 is 0. The summed E-state index contributed by atoms with van der Waals surface area (Å²) in [7, 11) is 1.22. The summed E-state index contributed by atoms with van der Waals surface area (Å²) in [6.07, 6.45) is -1.29. The number of rotatable bonds is 5. The van der Waals surface area contributed by atoms with Crippen LogP contribution in [0.5, 0.6) is 5.75 Å². The number of phenolic OH excluding ortho intramolecular Hbond substituents is 1. The molecule has 1 atom stereocenters. The van der Waals surface area contributed by atoms with E-state index in [-0.39, 0.29) is 23.4 Å². The van der Waals surface area contributed by atoms with Crippen molar-refractivity contribution in [2.75, 3.05) is 7.11 Å². The highest BCUT2D eigenvalue weighted by Gasteiger charge is 2.20. The number of non-ortho nitro benzene ring substituents is 1. The second kappa shape index (κ2) is 5.26. The Hall–Kier alpha value is -2.15. The van der Waals surface area contributed by atoms with Crippen LogP contribution in [0.1, 0.15) is 5.56 Å². The van der Waals surface area contributed by atoms with E-state index in [1.165, 1.54) is 7.11 Å². The molecule has 0 aliphatic carbocycles. The molecule has 0 radical (unpaired) electrons. The maximum Gasteiger partial charge on any atom is 0.333 e. The van der Waals surface area contributed by atoms with Gasteiger partial charge in [0.25, 0.3) is 5.69 Å². The number of nitrogens with zero attached hydrogens (tertiary/aromatic N) is 1. The van der Waals surface area contributed by atoms with Gasteiger partial charge in [0.05, 0.1) is 4.92 Å². The zero-order chi connectivity index (χ0) is 13.0. The second-order valence-corrected chi connectivity index (χ2v) is 3.34. The van der Waals surface area contributed by atoms with Crippen molar-refractivity contribution in [2.24, 2.45) is 0 Å². The number of aromatic hydroxyl groups is 1. The Balaban J connectivity index is 3.00. The second-order valence-electron chi connectivity index (χ2n) is 3.34. The van der Waals surface area contributed by atoms with E-state index in [0.29, 0.717) is 0 Å². The van der Waals surface area contributed by atoms with Gasteiger partial charge in [0.2, 0.25) is 0 Å². The first kappa shape index (κ1) is 12.9. The number of aliphatic carboxylic acids is 1. The molecule has 17 heavy (non-hydrogen) atoms. The lowest BCUT2D eigenvalue weighted by Gasteiger charge is -2.11. The van der Waals surface area contributed by atoms with Crippen LogP contribution in [0.25, 0.3) is 0 Å². The summed E-state index contributed by atoms with van der Waals surface area (Å²) in [6, 6.07) is 3.42. The van der Waals surface area contributed by atoms with Crippen LogP contribution < -0.4 is 0 Å². The summed E-state index contributed by atoms with van der Waals surface area (Å²) in [5.41, 5.74) is -0.0495. The van der Waals surface area contributed by atoms with Crippen molar-refractivity contribution in [3.05, 3.63) is 33.9 Å². The number of carbonyl (C=O) groups is 1. The number of methoxy groups -OCH3 is 1. The van der Waals surface area contributed by atoms with E-state index in [1.807, 2.05) is 0 Å². The van der Waals surface area contributed by atoms with E-state index in [0.717, 1.165) is 18.2 Å². The van der Waals surface area contributed by atoms with E-state index >= 15 is 0 Å². The molecule has 92 valence electrons. The highest BCUT2D eigenvalue weighted by molar-refractivity contribution is 5.73. The lowest BCUT2D eigenvalue weighted by Crippen LogP contribution is -2.24. The van der Waals surface area contributed by atoms with Crippen LogP contribution in [-0.2, 0) is 16.0 Å². The molecule has 7 nitrogen and oxygen atoms in total. The third kappa shape index (κ3) is 3.15. The topological polar surface area (TPSA) is 110 Å². The van der Waals surface area contributed by atoms with Gasteiger partial charge in [-0.05, 0) is 6.07 Å². The fourth-order valence-corrected chi connectivity index (χ4v) is 1.32. The average molecular weight is 241 g/mol. The number of ether oxygens (including phenoxy) is 1. The van der Waals surface area contributed by atoms with Gasteiger partial charge in [0.15, 0.2) is 6.10 Å². The molecule has 1 aromatic carbocycles. The molecule has 0 fully saturated rings. The van der Waals surface area contributed by atoms with Crippen molar-refractivity contribution >= 4 is 11.7 Å². The average Bonchev–Trinajstić information content (AvgIpc) is 2.27. The molecule has 1 rings (SSSR count). The summed E-state index contributed by atoms with van der Waals surface area (Å²) in [5, 5.41) is 28.8. The number of hydrogen-bond donors (Lipinski definition) is 2. The number of hydrogen-bond acceptors (Lipinski definition) is 5. The standard InChI is InChI=1S/C10H11NO6/c1-17-9(10(13)14)5-6-4-7(11(15)16)2-3-8(6)12/h2-4,9,12H,5H2,1H3,(H,13,14). The predicted octanol–water partition coefficient (Wildman–Crippen LogP) is 0.942. The van der Waals surface area contributed by atoms with E-state index in [2.05, 4.69) is 0 Å². The Morgan fingerprint density at radius 1 is 1.59 bits per heavy atom. The third-order valence-electron chi connectivity index (χ3n) is 2.24. The molecular formula is C10H11NO6. The molecule has 0 amide bonds. The minimum atomic E-state index is -1.20. The Labute approximate surface area is 96.4 Å². The molecule has 7 heteroatoms. The van der Waals surface area contributed by atoms with Crippen LogP contribution in [0.2, 0.25) is 0 Å². The van der Waals surface area contributed by atoms with Crippen LogP contribution in [0.15, 0.2) is 18.2 Å². The molecule has 1 unspecified atom stereocenters. The zero-order valence-corrected chi connectivity index (χ0v) is 8.99. The van der Waals surface area contributed by atoms with Gasteiger partial charge < -0.3 is 14.9 Å². The number of carboxylic acids is 1. The number of nitro benzene ring substituents is 1. The van der Waals surface area contributed by atoms with Gasteiger partial charge in [0.1, 0.15) is 5.75 Å². The zero-order valence-electron chi connectivity index (χ0n) is 8.99. The number of benzene rings is 1. The summed E-state index contributed by atoms with van der Waals surface area (Å²) < 4.78 is 4.69. The monoisotopic (exact) mass is 241 g/mol. The van der Waals surface area contributed by atoms with Crippen LogP contribution in [0.3, 0.4) is 0 Å². The van der Waals surface area contributed by atoms with Crippen LogP contribution in [0.4, 0.5) is 5.69 Å². The molecule has 0 aromatic heterocycles. The fourth-order valence-electron chi connectivity index (χ4n) is 1.32. The number of phenols is 1. The fraction of sp³-hybridized carbons (Fsp3) is 0.300. The summed E-state index contributed by atoms with van der Waals surface area (Å²) in [6.45, 7) is 0. The Morgan fingerprint density at radius 3 is 2.71 bits per heavy atom. The van der Waals surface area contributed by atoms with E-state index in [9.17, 15) is 20.0 Å². The van der Waals surface area contributed by atoms with Crippen molar-refractivity contribution in [1.82, 2.24) is 0 Å². The minimum absolute atomic E-state index is 0.140. The number of carboxylic acid groups (broad SMARTS) is 1. The molecule has 0 saturated heterocycles. The minimum Gasteiger partial charge on any atom is -0.508 e. The molecule has 0 aliphatic heterocycles. The largest absolute Gasteiger partial charge is 0.508 e. The van der Waals surface area contributed by atoms with Gasteiger partial charge in [0, 0.05) is 31.2 Å². The van der Waals surface area contributed by atoms with Crippen molar-refractivity contribution < 1.29 is 24.7 Å². The van der Waals surface area contributed by atoms with Crippen molar-refractivity contribution in [1.29, 1.82) is 0 Å². The van der Waals surface area contributed by atoms with Gasteiger partial charge in [-0.2, -0.15) is 0 Å². The van der Waals surface area contributed by atoms with E-state index in [4.69, 9.17) is 9.84 Å². The van der Waals surface area contributed by atoms with Crippen LogP contribution in [-0.4, -0.2) is 34.3 Å². The maximum absolute atomic E-state index is 10.7. The highest BCUT2D eigenvalue weighted by atomic mass is 16.6. The van der Waals surface area contributed by atoms with Crippen molar-refractivity contribution in [3.8, 4) is 5.75 Å². The lowest BCUT2D eigenvalue weighted by molar-refractivity contribution is -0.384. The van der Waals surface area contributed by atoms with Gasteiger partial charge in [-0.3, -0.25) is 10.1 Å². The highest BCUT2D eigenvalue weighted by Crippen LogP contribution is 2.24. The van der Waals surface area contributed by atoms with Crippen LogP contribution in [0, 0.1) is 10.1 Å². The predicted molar refractivity (Wildman–Crippen MR) is 56.9 cm³/mol. The number of nitro groups is 1. The molecule has 0 heterocycles. The molecule has 0 spiro atoms. The van der Waals surface area contributed by atoms with E-state index in [1.54, 1.807) is 0 Å². The normalized spacial score (nSPS) is 12.1. The van der Waals surface area contributed by atoms with Crippen molar-refractivity contribution in [3.63, 3.8) is 0 Å². The Bertz CT molecular complexity index is 444. The maximum atomic E-state index is 10.7. The molecule has 0 saturated carbocycles. The van der Waals surface area contributed by atoms with E-state index < -0.39 is 17.0 Å². The van der Waals surface area contributed by atoms with Crippen LogP contribution >= 0.6 is 0 Å². The van der Waals surface area contributed by atoms with Gasteiger partial charge in [-0.25, -0.2) is 4.79 Å². The third-order valence-corrected chi connectivity index (χ3v) is 2.24. The first-order valence-corrected chi connectivity index (χ1v) is 4.67. The smallest absolute Gasteiger partial charge is 0.333 e. The lowest BCUT2D eigenvalue weighted by atomic mass is 10.1. The summed E-state index contributed by atoms with van der Waals surface area (Å²) in [4.78, 5) is 20.6. The SMILES string of the molecule is COC(Cc1cc([N+](=O)[O-])ccc1O)C(=O)O. The Kier molecular flexibility index (Phi) is 4.00. The van der Waals surface area contributed by atoms with Gasteiger partial charge in [-0.1, -0.05) is 0 Å². The molecular weight excluding hydrogens is 230 g/mol. The van der Waals surface area contributed by atoms with Gasteiger partial charge in [-0.15, -0.1) is 0 Å². The molecule has 1 aromatic rings.